The lowest BCUT2D eigenvalue weighted by molar-refractivity contribution is -0.116. The number of nitrogens with one attached hydrogen (secondary N) is 1. The molecule has 104 valence electrons. The van der Waals surface area contributed by atoms with Crippen molar-refractivity contribution in [2.75, 3.05) is 13.2 Å². The number of nitrogens with zero attached hydrogens (tertiary/aromatic N) is 4. The fourth-order valence-corrected chi connectivity index (χ4v) is 1.45. The van der Waals surface area contributed by atoms with Crippen molar-refractivity contribution in [1.82, 2.24) is 25.5 Å². The number of para-hydroxylation sites is 1. The number of benzene rings is 1. The molecule has 1 aromatic carbocycles. The van der Waals surface area contributed by atoms with Crippen molar-refractivity contribution in [3.8, 4) is 5.69 Å². The number of tetrazole rings is 1. The van der Waals surface area contributed by atoms with Crippen LogP contribution in [0.25, 0.3) is 5.69 Å². The van der Waals surface area contributed by atoms with Crippen LogP contribution in [-0.4, -0.2) is 39.3 Å². The zero-order valence-corrected chi connectivity index (χ0v) is 10.9. The average molecular weight is 273 g/mol. The Hall–Kier alpha value is -2.54. The summed E-state index contributed by atoms with van der Waals surface area (Å²) < 4.78 is 5.34. The van der Waals surface area contributed by atoms with Crippen molar-refractivity contribution in [2.24, 2.45) is 0 Å². The number of carbonyl (C=O) groups is 1. The second-order valence-electron chi connectivity index (χ2n) is 3.88. The number of hydrogen-bond acceptors (Lipinski definition) is 5. The monoisotopic (exact) mass is 273 g/mol. The molecule has 1 heterocycles. The first-order valence-corrected chi connectivity index (χ1v) is 6.12. The fraction of sp³-hybridized carbons (Fsp3) is 0.231. The van der Waals surface area contributed by atoms with Gasteiger partial charge in [0.1, 0.15) is 6.61 Å². The van der Waals surface area contributed by atoms with Crippen LogP contribution < -0.4 is 5.32 Å². The molecule has 0 aliphatic rings. The van der Waals surface area contributed by atoms with E-state index in [9.17, 15) is 4.79 Å². The summed E-state index contributed by atoms with van der Waals surface area (Å²) in [6.07, 6.45) is 1.22. The molecule has 7 heteroatoms. The molecule has 0 aliphatic heterocycles. The second kappa shape index (κ2) is 7.15. The molecule has 0 saturated carbocycles. The molecule has 0 fully saturated rings. The summed E-state index contributed by atoms with van der Waals surface area (Å²) in [7, 11) is 0. The van der Waals surface area contributed by atoms with E-state index in [1.54, 1.807) is 0 Å². The van der Waals surface area contributed by atoms with Crippen LogP contribution >= 0.6 is 0 Å². The van der Waals surface area contributed by atoms with Crippen LogP contribution in [-0.2, 0) is 16.1 Å². The van der Waals surface area contributed by atoms with Gasteiger partial charge in [0.05, 0.1) is 12.3 Å². The molecule has 0 aliphatic carbocycles. The normalized spacial score (nSPS) is 10.2. The predicted molar refractivity (Wildman–Crippen MR) is 72.0 cm³/mol. The number of amides is 1. The van der Waals surface area contributed by atoms with Gasteiger partial charge < -0.3 is 10.1 Å². The summed E-state index contributed by atoms with van der Waals surface area (Å²) in [5.41, 5.74) is 0.837. The van der Waals surface area contributed by atoms with Crippen molar-refractivity contribution in [1.29, 1.82) is 0 Å². The number of hydrogen-bond donors (Lipinski definition) is 1. The molecule has 2 rings (SSSR count). The van der Waals surface area contributed by atoms with E-state index in [0.29, 0.717) is 19.0 Å². The largest absolute Gasteiger partial charge is 0.371 e. The zero-order valence-electron chi connectivity index (χ0n) is 10.9. The van der Waals surface area contributed by atoms with Gasteiger partial charge in [-0.25, -0.2) is 0 Å². The van der Waals surface area contributed by atoms with Gasteiger partial charge in [-0.15, -0.1) is 15.0 Å². The highest BCUT2D eigenvalue weighted by atomic mass is 16.5. The van der Waals surface area contributed by atoms with Crippen LogP contribution in [0.3, 0.4) is 0 Å². The molecule has 0 atom stereocenters. The van der Waals surface area contributed by atoms with Crippen molar-refractivity contribution in [3.63, 3.8) is 0 Å². The van der Waals surface area contributed by atoms with Crippen LogP contribution in [0.15, 0.2) is 43.0 Å². The van der Waals surface area contributed by atoms with Gasteiger partial charge in [-0.05, 0) is 23.4 Å². The third kappa shape index (κ3) is 3.99. The lowest BCUT2D eigenvalue weighted by Crippen LogP contribution is -2.25. The average Bonchev–Trinajstić information content (AvgIpc) is 2.96. The molecule has 1 N–H and O–H groups in total. The molecular formula is C13H15N5O2. The highest BCUT2D eigenvalue weighted by Crippen LogP contribution is 2.02. The Bertz CT molecular complexity index is 567. The van der Waals surface area contributed by atoms with E-state index in [1.165, 1.54) is 10.9 Å². The van der Waals surface area contributed by atoms with E-state index in [-0.39, 0.29) is 12.5 Å². The van der Waals surface area contributed by atoms with E-state index in [0.717, 1.165) is 5.69 Å². The van der Waals surface area contributed by atoms with Gasteiger partial charge >= 0.3 is 0 Å². The van der Waals surface area contributed by atoms with Gasteiger partial charge in [-0.3, -0.25) is 4.79 Å². The van der Waals surface area contributed by atoms with Gasteiger partial charge in [-0.1, -0.05) is 24.8 Å². The maximum absolute atomic E-state index is 10.9. The number of aromatic nitrogens is 4. The summed E-state index contributed by atoms with van der Waals surface area (Å²) >= 11 is 0. The van der Waals surface area contributed by atoms with Gasteiger partial charge in [0, 0.05) is 6.54 Å². The lowest BCUT2D eigenvalue weighted by Gasteiger charge is -2.02. The highest BCUT2D eigenvalue weighted by Gasteiger charge is 2.04. The van der Waals surface area contributed by atoms with Crippen molar-refractivity contribution < 1.29 is 9.53 Å². The molecule has 0 unspecified atom stereocenters. The first-order valence-electron chi connectivity index (χ1n) is 6.12. The molecular weight excluding hydrogens is 258 g/mol. The zero-order chi connectivity index (χ0) is 14.2. The molecule has 2 aromatic rings. The van der Waals surface area contributed by atoms with E-state index < -0.39 is 0 Å². The maximum atomic E-state index is 10.9. The van der Waals surface area contributed by atoms with Crippen LogP contribution in [0.4, 0.5) is 0 Å². The smallest absolute Gasteiger partial charge is 0.243 e. The summed E-state index contributed by atoms with van der Waals surface area (Å²) in [6.45, 7) is 4.39. The van der Waals surface area contributed by atoms with Crippen LogP contribution in [0, 0.1) is 0 Å². The molecule has 0 bridgehead atoms. The summed E-state index contributed by atoms with van der Waals surface area (Å²) in [5.74, 6) is 0.269. The van der Waals surface area contributed by atoms with E-state index in [1.807, 2.05) is 30.3 Å². The Balaban J connectivity index is 1.76. The van der Waals surface area contributed by atoms with Crippen molar-refractivity contribution in [2.45, 2.75) is 6.61 Å². The number of rotatable bonds is 7. The Morgan fingerprint density at radius 3 is 2.95 bits per heavy atom. The van der Waals surface area contributed by atoms with E-state index in [2.05, 4.69) is 27.3 Å². The minimum Gasteiger partial charge on any atom is -0.371 e. The maximum Gasteiger partial charge on any atom is 0.243 e. The molecule has 0 spiro atoms. The van der Waals surface area contributed by atoms with E-state index in [4.69, 9.17) is 4.74 Å². The second-order valence-corrected chi connectivity index (χ2v) is 3.88. The molecule has 0 saturated heterocycles. The molecule has 20 heavy (non-hydrogen) atoms. The topological polar surface area (TPSA) is 81.9 Å². The van der Waals surface area contributed by atoms with Gasteiger partial charge in [0.25, 0.3) is 0 Å². The SMILES string of the molecule is C=CC(=O)NCCOCc1nnn(-c2ccccc2)n1. The number of ether oxygens (including phenoxy) is 1. The van der Waals surface area contributed by atoms with Crippen LogP contribution in [0.5, 0.6) is 0 Å². The summed E-state index contributed by atoms with van der Waals surface area (Å²) in [6, 6.07) is 9.49. The number of carbonyl (C=O) groups excluding carboxylic acids is 1. The summed E-state index contributed by atoms with van der Waals surface area (Å²) in [4.78, 5) is 12.3. The van der Waals surface area contributed by atoms with Gasteiger partial charge in [0.2, 0.25) is 11.7 Å². The Morgan fingerprint density at radius 1 is 1.40 bits per heavy atom. The minimum absolute atomic E-state index is 0.221. The van der Waals surface area contributed by atoms with Crippen LogP contribution in [0.2, 0.25) is 0 Å². The molecule has 1 aromatic heterocycles. The van der Waals surface area contributed by atoms with Crippen molar-refractivity contribution in [3.05, 3.63) is 48.8 Å². The minimum atomic E-state index is -0.221. The first kappa shape index (κ1) is 13.9. The predicted octanol–water partition coefficient (Wildman–Crippen LogP) is 0.481. The lowest BCUT2D eigenvalue weighted by atomic mass is 10.3. The quantitative estimate of drug-likeness (QED) is 0.586. The Kier molecular flexibility index (Phi) is 4.96. The third-order valence-electron chi connectivity index (χ3n) is 2.40. The molecule has 0 radical (unpaired) electrons. The molecule has 1 amide bonds. The van der Waals surface area contributed by atoms with Crippen LogP contribution in [0.1, 0.15) is 5.82 Å². The molecule has 7 nitrogen and oxygen atoms in total. The first-order chi connectivity index (χ1) is 9.79. The fourth-order valence-electron chi connectivity index (χ4n) is 1.45. The third-order valence-corrected chi connectivity index (χ3v) is 2.40. The van der Waals surface area contributed by atoms with Crippen molar-refractivity contribution >= 4 is 5.91 Å². The Morgan fingerprint density at radius 2 is 2.20 bits per heavy atom. The highest BCUT2D eigenvalue weighted by molar-refractivity contribution is 5.86. The van der Waals surface area contributed by atoms with E-state index >= 15 is 0 Å². The standard InChI is InChI=1S/C13H15N5O2/c1-2-13(19)14-8-9-20-10-12-15-17-18(16-12)11-6-4-3-5-7-11/h2-7H,1,8-10H2,(H,14,19). The Labute approximate surface area is 116 Å². The van der Waals surface area contributed by atoms with Gasteiger partial charge in [0.15, 0.2) is 0 Å². The van der Waals surface area contributed by atoms with Gasteiger partial charge in [-0.2, -0.15) is 0 Å². The summed E-state index contributed by atoms with van der Waals surface area (Å²) in [5, 5.41) is 14.6.